The van der Waals surface area contributed by atoms with Crippen molar-refractivity contribution in [1.29, 1.82) is 0 Å². The van der Waals surface area contributed by atoms with Gasteiger partial charge in [0, 0.05) is 0 Å². The Hall–Kier alpha value is -0.590. The van der Waals surface area contributed by atoms with E-state index in [1.165, 1.54) is 25.7 Å². The maximum Gasteiger partial charge on any atom is 0.145 e. The van der Waals surface area contributed by atoms with Crippen LogP contribution in [0.3, 0.4) is 0 Å². The summed E-state index contributed by atoms with van der Waals surface area (Å²) in [5.41, 5.74) is 0.983. The molecule has 0 aliphatic heterocycles. The first-order chi connectivity index (χ1) is 5.36. The number of aldehydes is 1. The van der Waals surface area contributed by atoms with Crippen molar-refractivity contribution in [3.8, 4) is 0 Å². The molecule has 0 spiro atoms. The van der Waals surface area contributed by atoms with Gasteiger partial charge >= 0.3 is 0 Å². The Kier molecular flexibility index (Phi) is 3.34. The predicted molar refractivity (Wildman–Crippen MR) is 46.4 cm³/mol. The van der Waals surface area contributed by atoms with Crippen LogP contribution in [0.2, 0.25) is 0 Å². The van der Waals surface area contributed by atoms with Crippen molar-refractivity contribution >= 4 is 6.29 Å². The Morgan fingerprint density at radius 2 is 2.09 bits per heavy atom. The fourth-order valence-electron chi connectivity index (χ4n) is 1.67. The first-order valence-corrected chi connectivity index (χ1v) is 4.52. The smallest absolute Gasteiger partial charge is 0.145 e. The van der Waals surface area contributed by atoms with Crippen molar-refractivity contribution in [2.24, 2.45) is 5.92 Å². The van der Waals surface area contributed by atoms with Gasteiger partial charge in [-0.2, -0.15) is 0 Å². The Balaban J connectivity index is 2.46. The predicted octanol–water partition coefficient (Wildman–Crippen LogP) is 2.71. The SMILES string of the molecule is CCC(C=O)=CC1CCCC1. The molecule has 0 atom stereocenters. The molecule has 1 saturated carbocycles. The van der Waals surface area contributed by atoms with E-state index in [4.69, 9.17) is 0 Å². The van der Waals surface area contributed by atoms with E-state index < -0.39 is 0 Å². The van der Waals surface area contributed by atoms with Gasteiger partial charge in [0.05, 0.1) is 0 Å². The van der Waals surface area contributed by atoms with Gasteiger partial charge in [-0.25, -0.2) is 0 Å². The molecule has 62 valence electrons. The number of allylic oxidation sites excluding steroid dienone is 2. The standard InChI is InChI=1S/C10H16O/c1-2-9(8-11)7-10-5-3-4-6-10/h7-8,10H,2-6H2,1H3. The molecule has 0 aromatic heterocycles. The third-order valence-corrected chi connectivity index (χ3v) is 2.41. The summed E-state index contributed by atoms with van der Waals surface area (Å²) in [5.74, 6) is 0.704. The number of hydrogen-bond donors (Lipinski definition) is 0. The van der Waals surface area contributed by atoms with Gasteiger partial charge in [-0.15, -0.1) is 0 Å². The number of rotatable bonds is 3. The summed E-state index contributed by atoms with van der Waals surface area (Å²) in [5, 5.41) is 0. The van der Waals surface area contributed by atoms with Crippen LogP contribution in [-0.4, -0.2) is 6.29 Å². The maximum absolute atomic E-state index is 10.5. The molecule has 1 heteroatoms. The van der Waals surface area contributed by atoms with Gasteiger partial charge < -0.3 is 0 Å². The lowest BCUT2D eigenvalue weighted by Crippen LogP contribution is -1.91. The third-order valence-electron chi connectivity index (χ3n) is 2.41. The molecule has 0 bridgehead atoms. The summed E-state index contributed by atoms with van der Waals surface area (Å²) in [4.78, 5) is 10.5. The molecule has 0 saturated heterocycles. The topological polar surface area (TPSA) is 17.1 Å². The molecule has 1 aliphatic carbocycles. The zero-order valence-electron chi connectivity index (χ0n) is 7.18. The van der Waals surface area contributed by atoms with E-state index in [-0.39, 0.29) is 0 Å². The van der Waals surface area contributed by atoms with Crippen LogP contribution in [0, 0.1) is 5.92 Å². The van der Waals surface area contributed by atoms with E-state index in [9.17, 15) is 4.79 Å². The molecule has 0 radical (unpaired) electrons. The second-order valence-electron chi connectivity index (χ2n) is 3.26. The van der Waals surface area contributed by atoms with Crippen molar-refractivity contribution in [2.45, 2.75) is 39.0 Å². The van der Waals surface area contributed by atoms with E-state index >= 15 is 0 Å². The molecule has 0 N–H and O–H groups in total. The second kappa shape index (κ2) is 4.32. The highest BCUT2D eigenvalue weighted by Crippen LogP contribution is 2.26. The summed E-state index contributed by atoms with van der Waals surface area (Å²) >= 11 is 0. The lowest BCUT2D eigenvalue weighted by Gasteiger charge is -2.01. The van der Waals surface area contributed by atoms with Gasteiger partial charge in [-0.05, 0) is 30.8 Å². The number of carbonyl (C=O) groups excluding carboxylic acids is 1. The van der Waals surface area contributed by atoms with Crippen molar-refractivity contribution in [3.63, 3.8) is 0 Å². The molecule has 1 nitrogen and oxygen atoms in total. The van der Waals surface area contributed by atoms with Crippen LogP contribution < -0.4 is 0 Å². The molecule has 0 heterocycles. The maximum atomic E-state index is 10.5. The number of hydrogen-bond acceptors (Lipinski definition) is 1. The van der Waals surface area contributed by atoms with Gasteiger partial charge in [0.25, 0.3) is 0 Å². The Bertz CT molecular complexity index is 152. The largest absolute Gasteiger partial charge is 0.298 e. The summed E-state index contributed by atoms with van der Waals surface area (Å²) in [7, 11) is 0. The highest BCUT2D eigenvalue weighted by atomic mass is 16.1. The quantitative estimate of drug-likeness (QED) is 0.449. The Morgan fingerprint density at radius 1 is 1.45 bits per heavy atom. The van der Waals surface area contributed by atoms with Gasteiger partial charge in [0.1, 0.15) is 6.29 Å². The zero-order valence-corrected chi connectivity index (χ0v) is 7.18. The van der Waals surface area contributed by atoms with Gasteiger partial charge in [0.15, 0.2) is 0 Å². The van der Waals surface area contributed by atoms with Crippen LogP contribution in [-0.2, 0) is 4.79 Å². The lowest BCUT2D eigenvalue weighted by molar-refractivity contribution is -0.105. The van der Waals surface area contributed by atoms with E-state index in [2.05, 4.69) is 6.08 Å². The van der Waals surface area contributed by atoms with E-state index in [1.54, 1.807) is 0 Å². The fraction of sp³-hybridized carbons (Fsp3) is 0.700. The third kappa shape index (κ3) is 2.49. The minimum absolute atomic E-state index is 0.704. The average Bonchev–Trinajstić information content (AvgIpc) is 2.52. The molecule has 1 rings (SSSR count). The molecule has 0 amide bonds. The summed E-state index contributed by atoms with van der Waals surface area (Å²) in [6.07, 6.45) is 9.32. The molecule has 1 fully saturated rings. The van der Waals surface area contributed by atoms with Crippen LogP contribution in [0.25, 0.3) is 0 Å². The van der Waals surface area contributed by atoms with Crippen LogP contribution in [0.1, 0.15) is 39.0 Å². The van der Waals surface area contributed by atoms with Crippen LogP contribution in [0.5, 0.6) is 0 Å². The molecular weight excluding hydrogens is 136 g/mol. The van der Waals surface area contributed by atoms with Gasteiger partial charge in [0.2, 0.25) is 0 Å². The average molecular weight is 152 g/mol. The second-order valence-corrected chi connectivity index (χ2v) is 3.26. The lowest BCUT2D eigenvalue weighted by atomic mass is 10.0. The van der Waals surface area contributed by atoms with Gasteiger partial charge in [-0.3, -0.25) is 4.79 Å². The number of carbonyl (C=O) groups is 1. The highest BCUT2D eigenvalue weighted by Gasteiger charge is 2.12. The van der Waals surface area contributed by atoms with E-state index in [1.807, 2.05) is 6.92 Å². The van der Waals surface area contributed by atoms with Gasteiger partial charge in [-0.1, -0.05) is 25.8 Å². The Morgan fingerprint density at radius 3 is 2.55 bits per heavy atom. The van der Waals surface area contributed by atoms with Crippen molar-refractivity contribution in [2.75, 3.05) is 0 Å². The first kappa shape index (κ1) is 8.51. The minimum atomic E-state index is 0.704. The molecule has 0 aromatic carbocycles. The Labute approximate surface area is 68.5 Å². The van der Waals surface area contributed by atoms with Crippen molar-refractivity contribution < 1.29 is 4.79 Å². The molecule has 1 aliphatic rings. The molecule has 0 unspecified atom stereocenters. The normalized spacial score (nSPS) is 20.6. The van der Waals surface area contributed by atoms with Crippen LogP contribution in [0.15, 0.2) is 11.6 Å². The summed E-state index contributed by atoms with van der Waals surface area (Å²) in [6.45, 7) is 2.04. The molecule has 0 aromatic rings. The minimum Gasteiger partial charge on any atom is -0.298 e. The monoisotopic (exact) mass is 152 g/mol. The zero-order chi connectivity index (χ0) is 8.10. The molecular formula is C10H16O. The van der Waals surface area contributed by atoms with Crippen LogP contribution in [0.4, 0.5) is 0 Å². The van der Waals surface area contributed by atoms with Crippen LogP contribution >= 0.6 is 0 Å². The van der Waals surface area contributed by atoms with E-state index in [0.29, 0.717) is 5.92 Å². The van der Waals surface area contributed by atoms with E-state index in [0.717, 1.165) is 18.3 Å². The first-order valence-electron chi connectivity index (χ1n) is 4.52. The summed E-state index contributed by atoms with van der Waals surface area (Å²) < 4.78 is 0. The summed E-state index contributed by atoms with van der Waals surface area (Å²) in [6, 6.07) is 0. The van der Waals surface area contributed by atoms with Crippen molar-refractivity contribution in [3.05, 3.63) is 11.6 Å². The molecule has 11 heavy (non-hydrogen) atoms. The highest BCUT2D eigenvalue weighted by molar-refractivity contribution is 5.72. The fourth-order valence-corrected chi connectivity index (χ4v) is 1.67. The van der Waals surface area contributed by atoms with Crippen molar-refractivity contribution in [1.82, 2.24) is 0 Å².